The van der Waals surface area contributed by atoms with Crippen LogP contribution in [0.1, 0.15) is 12.0 Å². The number of aromatic nitrogens is 2. The summed E-state index contributed by atoms with van der Waals surface area (Å²) in [5.74, 6) is 1.08. The summed E-state index contributed by atoms with van der Waals surface area (Å²) in [6, 6.07) is 12.3. The van der Waals surface area contributed by atoms with Crippen LogP contribution in [0, 0.1) is 0 Å². The van der Waals surface area contributed by atoms with Crippen molar-refractivity contribution in [1.82, 2.24) is 10.2 Å². The number of benzene rings is 2. The van der Waals surface area contributed by atoms with Gasteiger partial charge in [0.15, 0.2) is 15.6 Å². The van der Waals surface area contributed by atoms with E-state index in [1.54, 1.807) is 18.3 Å². The molecule has 1 atom stereocenters. The van der Waals surface area contributed by atoms with Gasteiger partial charge in [0.05, 0.1) is 11.1 Å². The highest BCUT2D eigenvalue weighted by Gasteiger charge is 2.22. The first kappa shape index (κ1) is 18.5. The zero-order chi connectivity index (χ0) is 19.9. The summed E-state index contributed by atoms with van der Waals surface area (Å²) in [5, 5.41) is 17.1. The number of aliphatic hydroxyl groups excluding tert-OH is 1. The largest absolute Gasteiger partial charge is 0.453 e. The van der Waals surface area contributed by atoms with Crippen molar-refractivity contribution in [3.8, 4) is 22.8 Å². The molecular weight excluding hydrogens is 378 g/mol. The number of aryl methyl sites for hydroxylation is 1. The lowest BCUT2D eigenvalue weighted by atomic mass is 9.97. The molecule has 0 radical (unpaired) electrons. The second-order valence-corrected chi connectivity index (χ2v) is 8.94. The molecule has 0 saturated carbocycles. The molecule has 0 bridgehead atoms. The summed E-state index contributed by atoms with van der Waals surface area (Å²) in [6.45, 7) is 0. The average Bonchev–Trinajstić information content (AvgIpc) is 3.12. The number of aliphatic hydroxyl groups is 1. The maximum Gasteiger partial charge on any atom is 0.175 e. The van der Waals surface area contributed by atoms with Crippen LogP contribution in [0.5, 0.6) is 11.5 Å². The van der Waals surface area contributed by atoms with Crippen LogP contribution in [0.3, 0.4) is 0 Å². The molecule has 0 amide bonds. The van der Waals surface area contributed by atoms with E-state index in [2.05, 4.69) is 16.3 Å². The van der Waals surface area contributed by atoms with Gasteiger partial charge in [-0.3, -0.25) is 5.10 Å². The molecule has 8 heteroatoms. The third-order valence-electron chi connectivity index (χ3n) is 4.95. The maximum atomic E-state index is 11.6. The number of aromatic amines is 1. The second kappa shape index (κ2) is 6.96. The normalized spacial score (nSPS) is 16.7. The standard InChI is InChI=1S/C20H21N3O4S/c1-23-17-9-3-14(11-13(17)4-10-19(23)24)20-18(12-21-22-20)27-15-5-7-16(8-6-15)28(2,25)26/h3,5-9,11-12,19,24H,4,10H2,1-2H3,(H,21,22). The maximum absolute atomic E-state index is 11.6. The van der Waals surface area contributed by atoms with Crippen molar-refractivity contribution in [3.05, 3.63) is 54.2 Å². The molecule has 1 aliphatic heterocycles. The van der Waals surface area contributed by atoms with E-state index in [-0.39, 0.29) is 4.90 Å². The van der Waals surface area contributed by atoms with Crippen LogP contribution in [0.15, 0.2) is 53.6 Å². The molecule has 2 aromatic carbocycles. The summed E-state index contributed by atoms with van der Waals surface area (Å²) < 4.78 is 29.1. The number of hydrogen-bond acceptors (Lipinski definition) is 6. The lowest BCUT2D eigenvalue weighted by molar-refractivity contribution is 0.160. The van der Waals surface area contributed by atoms with Gasteiger partial charge in [-0.25, -0.2) is 8.42 Å². The zero-order valence-electron chi connectivity index (χ0n) is 15.6. The Kier molecular flexibility index (Phi) is 4.60. The highest BCUT2D eigenvalue weighted by Crippen LogP contribution is 2.36. The van der Waals surface area contributed by atoms with Gasteiger partial charge < -0.3 is 14.7 Å². The van der Waals surface area contributed by atoms with Gasteiger partial charge in [-0.1, -0.05) is 6.07 Å². The Balaban J connectivity index is 1.61. The van der Waals surface area contributed by atoms with Crippen molar-refractivity contribution in [1.29, 1.82) is 0 Å². The fraction of sp³-hybridized carbons (Fsp3) is 0.250. The van der Waals surface area contributed by atoms with Crippen molar-refractivity contribution in [2.75, 3.05) is 18.2 Å². The van der Waals surface area contributed by atoms with Crippen molar-refractivity contribution in [2.24, 2.45) is 0 Å². The third kappa shape index (κ3) is 3.48. The summed E-state index contributed by atoms with van der Waals surface area (Å²) in [7, 11) is -1.36. The van der Waals surface area contributed by atoms with E-state index in [1.165, 1.54) is 18.4 Å². The summed E-state index contributed by atoms with van der Waals surface area (Å²) in [4.78, 5) is 2.12. The molecule has 1 aliphatic rings. The predicted molar refractivity (Wildman–Crippen MR) is 106 cm³/mol. The number of ether oxygens (including phenoxy) is 1. The van der Waals surface area contributed by atoms with Crippen LogP contribution < -0.4 is 9.64 Å². The Morgan fingerprint density at radius 2 is 1.96 bits per heavy atom. The Labute approximate surface area is 163 Å². The number of anilines is 1. The molecule has 0 spiro atoms. The first-order valence-electron chi connectivity index (χ1n) is 8.88. The Morgan fingerprint density at radius 1 is 1.21 bits per heavy atom. The van der Waals surface area contributed by atoms with E-state index in [9.17, 15) is 13.5 Å². The number of nitrogens with zero attached hydrogens (tertiary/aromatic N) is 2. The third-order valence-corrected chi connectivity index (χ3v) is 6.08. The fourth-order valence-corrected chi connectivity index (χ4v) is 4.00. The quantitative estimate of drug-likeness (QED) is 0.700. The van der Waals surface area contributed by atoms with E-state index in [1.807, 2.05) is 24.1 Å². The smallest absolute Gasteiger partial charge is 0.175 e. The predicted octanol–water partition coefficient (Wildman–Crippen LogP) is 2.97. The fourth-order valence-electron chi connectivity index (χ4n) is 3.37. The highest BCUT2D eigenvalue weighted by atomic mass is 32.2. The van der Waals surface area contributed by atoms with Gasteiger partial charge >= 0.3 is 0 Å². The molecule has 28 heavy (non-hydrogen) atoms. The van der Waals surface area contributed by atoms with Gasteiger partial charge in [0.25, 0.3) is 0 Å². The van der Waals surface area contributed by atoms with E-state index < -0.39 is 16.1 Å². The number of hydrogen-bond donors (Lipinski definition) is 2. The minimum absolute atomic E-state index is 0.244. The van der Waals surface area contributed by atoms with Gasteiger partial charge in [0.2, 0.25) is 0 Å². The van der Waals surface area contributed by atoms with Gasteiger partial charge in [-0.05, 0) is 54.8 Å². The Bertz CT molecular complexity index is 1110. The van der Waals surface area contributed by atoms with Crippen LogP contribution in [-0.4, -0.2) is 43.3 Å². The Morgan fingerprint density at radius 3 is 2.68 bits per heavy atom. The number of H-pyrrole nitrogens is 1. The first-order valence-corrected chi connectivity index (χ1v) is 10.8. The summed E-state index contributed by atoms with van der Waals surface area (Å²) >= 11 is 0. The van der Waals surface area contributed by atoms with Crippen LogP contribution in [-0.2, 0) is 16.3 Å². The SMILES string of the molecule is CN1c2ccc(-c3[nH]ncc3Oc3ccc(S(C)(=O)=O)cc3)cc2CCC1O. The first-order chi connectivity index (χ1) is 13.3. The van der Waals surface area contributed by atoms with E-state index >= 15 is 0 Å². The molecule has 2 heterocycles. The van der Waals surface area contributed by atoms with Crippen LogP contribution >= 0.6 is 0 Å². The van der Waals surface area contributed by atoms with E-state index in [4.69, 9.17) is 4.74 Å². The lowest BCUT2D eigenvalue weighted by Gasteiger charge is -2.32. The van der Waals surface area contributed by atoms with Gasteiger partial charge in [-0.15, -0.1) is 0 Å². The highest BCUT2D eigenvalue weighted by molar-refractivity contribution is 7.90. The molecule has 1 aromatic heterocycles. The molecule has 7 nitrogen and oxygen atoms in total. The van der Waals surface area contributed by atoms with Gasteiger partial charge in [0, 0.05) is 24.6 Å². The van der Waals surface area contributed by atoms with Gasteiger partial charge in [0.1, 0.15) is 17.7 Å². The molecule has 2 N–H and O–H groups in total. The van der Waals surface area contributed by atoms with Crippen molar-refractivity contribution >= 4 is 15.5 Å². The topological polar surface area (TPSA) is 95.5 Å². The van der Waals surface area contributed by atoms with Crippen molar-refractivity contribution in [3.63, 3.8) is 0 Å². The molecule has 0 fully saturated rings. The summed E-state index contributed by atoms with van der Waals surface area (Å²) in [5.41, 5.74) is 3.84. The number of rotatable bonds is 4. The van der Waals surface area contributed by atoms with Crippen molar-refractivity contribution in [2.45, 2.75) is 24.0 Å². The Hall–Kier alpha value is -2.84. The van der Waals surface area contributed by atoms with E-state index in [0.29, 0.717) is 17.9 Å². The molecule has 3 aromatic rings. The van der Waals surface area contributed by atoms with Gasteiger partial charge in [-0.2, -0.15) is 5.10 Å². The molecule has 146 valence electrons. The molecule has 0 saturated heterocycles. The van der Waals surface area contributed by atoms with Crippen molar-refractivity contribution < 1.29 is 18.3 Å². The zero-order valence-corrected chi connectivity index (χ0v) is 16.4. The number of fused-ring (bicyclic) bond motifs is 1. The number of nitrogens with one attached hydrogen (secondary N) is 1. The summed E-state index contributed by atoms with van der Waals surface area (Å²) in [6.07, 6.45) is 3.79. The number of sulfone groups is 1. The van der Waals surface area contributed by atoms with Crippen LogP contribution in [0.4, 0.5) is 5.69 Å². The minimum atomic E-state index is -3.25. The minimum Gasteiger partial charge on any atom is -0.453 e. The van der Waals surface area contributed by atoms with Crippen LogP contribution in [0.2, 0.25) is 0 Å². The van der Waals surface area contributed by atoms with E-state index in [0.717, 1.165) is 28.9 Å². The molecule has 1 unspecified atom stereocenters. The molecule has 0 aliphatic carbocycles. The lowest BCUT2D eigenvalue weighted by Crippen LogP contribution is -2.35. The molecule has 4 rings (SSSR count). The monoisotopic (exact) mass is 399 g/mol. The second-order valence-electron chi connectivity index (χ2n) is 6.93. The average molecular weight is 399 g/mol. The molecular formula is C20H21N3O4S. The van der Waals surface area contributed by atoms with Crippen LogP contribution in [0.25, 0.3) is 11.3 Å².